The summed E-state index contributed by atoms with van der Waals surface area (Å²) < 4.78 is 0. The first-order valence-electron chi connectivity index (χ1n) is 8.07. The molecule has 1 amide bonds. The quantitative estimate of drug-likeness (QED) is 0.739. The average molecular weight is 343 g/mol. The van der Waals surface area contributed by atoms with Gasteiger partial charge in [0.1, 0.15) is 23.9 Å². The van der Waals surface area contributed by atoms with Crippen molar-refractivity contribution in [3.8, 4) is 6.07 Å². The second kappa shape index (κ2) is 7.90. The standard InChI is InChI=1S/C20H17N5O/c1-14-6-8-15(9-7-14)12-22-19-10-18(23-13-24-19)20(26)25-17-5-3-2-4-16(17)11-21/h2-10,13H,12H2,1H3,(H,25,26)(H,22,23,24). The molecule has 1 heterocycles. The van der Waals surface area contributed by atoms with Crippen LogP contribution in [0.5, 0.6) is 0 Å². The van der Waals surface area contributed by atoms with Crippen LogP contribution in [0.2, 0.25) is 0 Å². The lowest BCUT2D eigenvalue weighted by Gasteiger charge is -2.09. The lowest BCUT2D eigenvalue weighted by Crippen LogP contribution is -2.15. The molecular formula is C20H17N5O. The Bertz CT molecular complexity index is 960. The van der Waals surface area contributed by atoms with E-state index in [2.05, 4.69) is 20.6 Å². The van der Waals surface area contributed by atoms with E-state index >= 15 is 0 Å². The van der Waals surface area contributed by atoms with Gasteiger partial charge in [0.2, 0.25) is 0 Å². The molecule has 0 saturated heterocycles. The van der Waals surface area contributed by atoms with E-state index < -0.39 is 5.91 Å². The van der Waals surface area contributed by atoms with Crippen molar-refractivity contribution in [2.75, 3.05) is 10.6 Å². The van der Waals surface area contributed by atoms with E-state index in [4.69, 9.17) is 5.26 Å². The molecule has 0 aliphatic heterocycles. The fourth-order valence-corrected chi connectivity index (χ4v) is 2.35. The zero-order valence-corrected chi connectivity index (χ0v) is 14.2. The number of aromatic nitrogens is 2. The van der Waals surface area contributed by atoms with E-state index in [0.717, 1.165) is 5.56 Å². The van der Waals surface area contributed by atoms with Crippen molar-refractivity contribution in [3.05, 3.63) is 83.3 Å². The van der Waals surface area contributed by atoms with E-state index in [1.165, 1.54) is 11.9 Å². The molecule has 3 aromatic rings. The SMILES string of the molecule is Cc1ccc(CNc2cc(C(=O)Nc3ccccc3C#N)ncn2)cc1. The number of amides is 1. The van der Waals surface area contributed by atoms with Crippen LogP contribution in [0.3, 0.4) is 0 Å². The molecule has 128 valence electrons. The van der Waals surface area contributed by atoms with Gasteiger partial charge in [-0.2, -0.15) is 5.26 Å². The van der Waals surface area contributed by atoms with Crippen molar-refractivity contribution in [1.82, 2.24) is 9.97 Å². The number of hydrogen-bond donors (Lipinski definition) is 2. The Morgan fingerprint density at radius 2 is 1.88 bits per heavy atom. The normalized spacial score (nSPS) is 10.0. The van der Waals surface area contributed by atoms with E-state index in [-0.39, 0.29) is 5.69 Å². The molecule has 0 fully saturated rings. The lowest BCUT2D eigenvalue weighted by molar-refractivity contribution is 0.102. The Labute approximate surface area is 151 Å². The number of nitriles is 1. The molecule has 2 aromatic carbocycles. The van der Waals surface area contributed by atoms with Crippen LogP contribution < -0.4 is 10.6 Å². The van der Waals surface area contributed by atoms with E-state index in [9.17, 15) is 4.79 Å². The third-order valence-electron chi connectivity index (χ3n) is 3.79. The Balaban J connectivity index is 1.69. The molecule has 1 aromatic heterocycles. The summed E-state index contributed by atoms with van der Waals surface area (Å²) in [7, 11) is 0. The topological polar surface area (TPSA) is 90.7 Å². The number of hydrogen-bond acceptors (Lipinski definition) is 5. The van der Waals surface area contributed by atoms with Crippen molar-refractivity contribution >= 4 is 17.4 Å². The van der Waals surface area contributed by atoms with Crippen LogP contribution in [0.15, 0.2) is 60.9 Å². The van der Waals surface area contributed by atoms with Gasteiger partial charge in [-0.25, -0.2) is 9.97 Å². The summed E-state index contributed by atoms with van der Waals surface area (Å²) in [6.45, 7) is 2.63. The number of para-hydroxylation sites is 1. The van der Waals surface area contributed by atoms with Gasteiger partial charge in [-0.05, 0) is 24.6 Å². The fourth-order valence-electron chi connectivity index (χ4n) is 2.35. The molecule has 0 bridgehead atoms. The molecule has 0 radical (unpaired) electrons. The van der Waals surface area contributed by atoms with Gasteiger partial charge in [-0.3, -0.25) is 4.79 Å². The first-order valence-corrected chi connectivity index (χ1v) is 8.07. The number of nitrogens with one attached hydrogen (secondary N) is 2. The Hall–Kier alpha value is -3.72. The number of rotatable bonds is 5. The van der Waals surface area contributed by atoms with E-state index in [1.54, 1.807) is 30.3 Å². The third kappa shape index (κ3) is 4.22. The zero-order chi connectivity index (χ0) is 18.4. The van der Waals surface area contributed by atoms with Gasteiger partial charge < -0.3 is 10.6 Å². The molecule has 3 rings (SSSR count). The highest BCUT2D eigenvalue weighted by Crippen LogP contribution is 2.15. The minimum absolute atomic E-state index is 0.221. The predicted molar refractivity (Wildman–Crippen MR) is 99.6 cm³/mol. The second-order valence-corrected chi connectivity index (χ2v) is 5.74. The summed E-state index contributed by atoms with van der Waals surface area (Å²) in [5, 5.41) is 15.0. The maximum Gasteiger partial charge on any atom is 0.274 e. The molecule has 0 aliphatic carbocycles. The molecule has 26 heavy (non-hydrogen) atoms. The van der Waals surface area contributed by atoms with Crippen LogP contribution in [0, 0.1) is 18.3 Å². The van der Waals surface area contributed by atoms with Gasteiger partial charge >= 0.3 is 0 Å². The summed E-state index contributed by atoms with van der Waals surface area (Å²) in [4.78, 5) is 20.6. The zero-order valence-electron chi connectivity index (χ0n) is 14.2. The van der Waals surface area contributed by atoms with Crippen molar-refractivity contribution in [3.63, 3.8) is 0 Å². The molecule has 0 unspecified atom stereocenters. The Morgan fingerprint density at radius 3 is 2.65 bits per heavy atom. The van der Waals surface area contributed by atoms with Crippen LogP contribution in [-0.2, 0) is 6.54 Å². The molecule has 6 nitrogen and oxygen atoms in total. The monoisotopic (exact) mass is 343 g/mol. The van der Waals surface area contributed by atoms with Gasteiger partial charge in [-0.15, -0.1) is 0 Å². The molecule has 0 atom stereocenters. The number of carbonyl (C=O) groups is 1. The summed E-state index contributed by atoms with van der Waals surface area (Å²) in [6.07, 6.45) is 1.34. The number of carbonyl (C=O) groups excluding carboxylic acids is 1. The van der Waals surface area contributed by atoms with Crippen molar-refractivity contribution in [2.24, 2.45) is 0 Å². The minimum Gasteiger partial charge on any atom is -0.366 e. The number of benzene rings is 2. The molecule has 0 spiro atoms. The van der Waals surface area contributed by atoms with Crippen LogP contribution in [0.4, 0.5) is 11.5 Å². The van der Waals surface area contributed by atoms with Crippen LogP contribution in [0.25, 0.3) is 0 Å². The van der Waals surface area contributed by atoms with Gasteiger partial charge in [0.05, 0.1) is 11.3 Å². The van der Waals surface area contributed by atoms with Gasteiger partial charge in [-0.1, -0.05) is 42.0 Å². The molecule has 0 aliphatic rings. The molecule has 6 heteroatoms. The first kappa shape index (κ1) is 17.1. The summed E-state index contributed by atoms with van der Waals surface area (Å²) >= 11 is 0. The van der Waals surface area contributed by atoms with Crippen molar-refractivity contribution in [2.45, 2.75) is 13.5 Å². The van der Waals surface area contributed by atoms with E-state index in [1.807, 2.05) is 37.3 Å². The van der Waals surface area contributed by atoms with Gasteiger partial charge in [0.15, 0.2) is 0 Å². The fraction of sp³-hybridized carbons (Fsp3) is 0.100. The highest BCUT2D eigenvalue weighted by atomic mass is 16.1. The first-order chi connectivity index (χ1) is 12.7. The highest BCUT2D eigenvalue weighted by Gasteiger charge is 2.11. The smallest absolute Gasteiger partial charge is 0.274 e. The van der Waals surface area contributed by atoms with Crippen LogP contribution >= 0.6 is 0 Å². The Morgan fingerprint density at radius 1 is 1.12 bits per heavy atom. The number of aryl methyl sites for hydroxylation is 1. The third-order valence-corrected chi connectivity index (χ3v) is 3.79. The summed E-state index contributed by atoms with van der Waals surface area (Å²) in [5.41, 5.74) is 3.38. The van der Waals surface area contributed by atoms with Crippen LogP contribution in [-0.4, -0.2) is 15.9 Å². The Kier molecular flexibility index (Phi) is 5.20. The summed E-state index contributed by atoms with van der Waals surface area (Å²) in [6, 6.07) is 18.6. The van der Waals surface area contributed by atoms with Crippen molar-refractivity contribution < 1.29 is 4.79 Å². The average Bonchev–Trinajstić information content (AvgIpc) is 2.68. The highest BCUT2D eigenvalue weighted by molar-refractivity contribution is 6.03. The lowest BCUT2D eigenvalue weighted by atomic mass is 10.1. The minimum atomic E-state index is -0.395. The van der Waals surface area contributed by atoms with Crippen molar-refractivity contribution in [1.29, 1.82) is 5.26 Å². The van der Waals surface area contributed by atoms with Crippen LogP contribution in [0.1, 0.15) is 27.2 Å². The predicted octanol–water partition coefficient (Wildman–Crippen LogP) is 3.52. The second-order valence-electron chi connectivity index (χ2n) is 5.74. The maximum atomic E-state index is 12.4. The van der Waals surface area contributed by atoms with E-state index in [0.29, 0.717) is 23.6 Å². The molecular weight excluding hydrogens is 326 g/mol. The maximum absolute atomic E-state index is 12.4. The summed E-state index contributed by atoms with van der Waals surface area (Å²) in [5.74, 6) is 0.160. The molecule has 0 saturated carbocycles. The van der Waals surface area contributed by atoms with Gasteiger partial charge in [0, 0.05) is 12.6 Å². The number of nitrogens with zero attached hydrogens (tertiary/aromatic N) is 3. The largest absolute Gasteiger partial charge is 0.366 e. The molecule has 2 N–H and O–H groups in total. The number of anilines is 2. The van der Waals surface area contributed by atoms with Gasteiger partial charge in [0.25, 0.3) is 5.91 Å².